The Labute approximate surface area is 108 Å². The van der Waals surface area contributed by atoms with Crippen LogP contribution in [0.3, 0.4) is 0 Å². The van der Waals surface area contributed by atoms with Crippen LogP contribution in [-0.4, -0.2) is 12.6 Å². The molecule has 0 saturated heterocycles. The van der Waals surface area contributed by atoms with E-state index in [1.165, 1.54) is 10.0 Å². The molecule has 1 rings (SSSR count). The third-order valence-corrected chi connectivity index (χ3v) is 3.81. The van der Waals surface area contributed by atoms with Gasteiger partial charge in [-0.3, -0.25) is 0 Å². The minimum absolute atomic E-state index is 0.524. The van der Waals surface area contributed by atoms with Crippen molar-refractivity contribution in [3.8, 4) is 0 Å². The number of likely N-dealkylation sites (N-methyl/N-ethyl adjacent to an activating group) is 1. The normalized spacial score (nSPS) is 15.1. The second-order valence-corrected chi connectivity index (χ2v) is 5.49. The molecule has 2 atom stereocenters. The zero-order chi connectivity index (χ0) is 12.1. The van der Waals surface area contributed by atoms with Gasteiger partial charge in [0.1, 0.15) is 0 Å². The molecule has 1 aromatic carbocycles. The van der Waals surface area contributed by atoms with Crippen molar-refractivity contribution in [2.45, 2.75) is 39.7 Å². The monoisotopic (exact) mass is 283 g/mol. The van der Waals surface area contributed by atoms with Crippen molar-refractivity contribution in [1.82, 2.24) is 5.32 Å². The first-order valence-electron chi connectivity index (χ1n) is 6.05. The number of hydrogen-bond donors (Lipinski definition) is 1. The van der Waals surface area contributed by atoms with Gasteiger partial charge >= 0.3 is 0 Å². The molecule has 90 valence electrons. The smallest absolute Gasteiger partial charge is 0.0210 e. The highest BCUT2D eigenvalue weighted by atomic mass is 79.9. The Bertz CT molecular complexity index is 322. The fraction of sp³-hybridized carbons (Fsp3) is 0.571. The van der Waals surface area contributed by atoms with Crippen molar-refractivity contribution in [3.63, 3.8) is 0 Å². The summed E-state index contributed by atoms with van der Waals surface area (Å²) < 4.78 is 1.21. The summed E-state index contributed by atoms with van der Waals surface area (Å²) in [5.41, 5.74) is 1.39. The summed E-state index contributed by atoms with van der Waals surface area (Å²) in [5.74, 6) is 1.16. The fourth-order valence-electron chi connectivity index (χ4n) is 2.26. The van der Waals surface area contributed by atoms with E-state index in [9.17, 15) is 0 Å². The lowest BCUT2D eigenvalue weighted by atomic mass is 9.86. The van der Waals surface area contributed by atoms with Gasteiger partial charge in [-0.1, -0.05) is 61.8 Å². The Morgan fingerprint density at radius 2 is 1.81 bits per heavy atom. The molecule has 0 aliphatic heterocycles. The standard InChI is InChI=1S/C14H22BrN/c1-5-16-14(10(2)3)11(4)12-8-6-7-9-13(12)15/h6-11,14,16H,5H2,1-4H3. The van der Waals surface area contributed by atoms with Gasteiger partial charge in [0, 0.05) is 10.5 Å². The van der Waals surface area contributed by atoms with Crippen LogP contribution < -0.4 is 5.32 Å². The molecule has 0 bridgehead atoms. The third-order valence-electron chi connectivity index (χ3n) is 3.09. The van der Waals surface area contributed by atoms with Gasteiger partial charge in [0.2, 0.25) is 0 Å². The maximum atomic E-state index is 3.64. The van der Waals surface area contributed by atoms with Gasteiger partial charge in [0.15, 0.2) is 0 Å². The maximum Gasteiger partial charge on any atom is 0.0210 e. The van der Waals surface area contributed by atoms with Crippen LogP contribution in [0, 0.1) is 5.92 Å². The lowest BCUT2D eigenvalue weighted by Crippen LogP contribution is -2.38. The van der Waals surface area contributed by atoms with E-state index >= 15 is 0 Å². The van der Waals surface area contributed by atoms with Crippen LogP contribution in [0.1, 0.15) is 39.2 Å². The molecule has 2 unspecified atom stereocenters. The van der Waals surface area contributed by atoms with Crippen molar-refractivity contribution in [1.29, 1.82) is 0 Å². The molecular weight excluding hydrogens is 262 g/mol. The molecule has 2 heteroatoms. The van der Waals surface area contributed by atoms with Gasteiger partial charge < -0.3 is 5.32 Å². The summed E-state index contributed by atoms with van der Waals surface area (Å²) in [5, 5.41) is 3.59. The molecule has 1 nitrogen and oxygen atoms in total. The van der Waals surface area contributed by atoms with Crippen molar-refractivity contribution in [2.75, 3.05) is 6.54 Å². The molecule has 1 N–H and O–H groups in total. The zero-order valence-corrected chi connectivity index (χ0v) is 12.2. The summed E-state index contributed by atoms with van der Waals surface area (Å²) in [6.07, 6.45) is 0. The predicted octanol–water partition coefficient (Wildman–Crippen LogP) is 4.19. The maximum absolute atomic E-state index is 3.64. The summed E-state index contributed by atoms with van der Waals surface area (Å²) >= 11 is 3.64. The molecule has 0 aromatic heterocycles. The van der Waals surface area contributed by atoms with E-state index in [1.54, 1.807) is 0 Å². The van der Waals surface area contributed by atoms with Gasteiger partial charge in [-0.2, -0.15) is 0 Å². The van der Waals surface area contributed by atoms with Crippen molar-refractivity contribution >= 4 is 15.9 Å². The number of nitrogens with one attached hydrogen (secondary N) is 1. The Kier molecular flexibility index (Phi) is 5.50. The van der Waals surface area contributed by atoms with Crippen LogP contribution >= 0.6 is 15.9 Å². The Balaban J connectivity index is 2.90. The number of rotatable bonds is 5. The van der Waals surface area contributed by atoms with Crippen LogP contribution in [0.2, 0.25) is 0 Å². The highest BCUT2D eigenvalue weighted by Gasteiger charge is 2.22. The molecule has 16 heavy (non-hydrogen) atoms. The van der Waals surface area contributed by atoms with Crippen LogP contribution in [0.4, 0.5) is 0 Å². The largest absolute Gasteiger partial charge is 0.313 e. The van der Waals surface area contributed by atoms with Gasteiger partial charge in [-0.05, 0) is 30.0 Å². The average Bonchev–Trinajstić information content (AvgIpc) is 2.25. The van der Waals surface area contributed by atoms with E-state index in [0.29, 0.717) is 17.9 Å². The molecule has 0 heterocycles. The van der Waals surface area contributed by atoms with Crippen LogP contribution in [0.25, 0.3) is 0 Å². The lowest BCUT2D eigenvalue weighted by molar-refractivity contribution is 0.359. The van der Waals surface area contributed by atoms with Crippen molar-refractivity contribution in [3.05, 3.63) is 34.3 Å². The molecule has 0 saturated carbocycles. The molecule has 0 fully saturated rings. The van der Waals surface area contributed by atoms with E-state index in [1.807, 2.05) is 0 Å². The Morgan fingerprint density at radius 1 is 1.19 bits per heavy atom. The molecule has 0 amide bonds. The summed E-state index contributed by atoms with van der Waals surface area (Å²) in [7, 11) is 0. The zero-order valence-electron chi connectivity index (χ0n) is 10.6. The van der Waals surface area contributed by atoms with E-state index < -0.39 is 0 Å². The minimum Gasteiger partial charge on any atom is -0.313 e. The topological polar surface area (TPSA) is 12.0 Å². The third kappa shape index (κ3) is 3.33. The molecule has 0 radical (unpaired) electrons. The predicted molar refractivity (Wildman–Crippen MR) is 74.9 cm³/mol. The van der Waals surface area contributed by atoms with Crippen LogP contribution in [0.15, 0.2) is 28.7 Å². The van der Waals surface area contributed by atoms with Crippen molar-refractivity contribution < 1.29 is 0 Å². The number of halogens is 1. The summed E-state index contributed by atoms with van der Waals surface area (Å²) in [6, 6.07) is 9.04. The first kappa shape index (κ1) is 13.7. The second-order valence-electron chi connectivity index (χ2n) is 4.64. The minimum atomic E-state index is 0.524. The molecular formula is C14H22BrN. The van der Waals surface area contributed by atoms with E-state index in [2.05, 4.69) is 73.2 Å². The quantitative estimate of drug-likeness (QED) is 0.855. The fourth-order valence-corrected chi connectivity index (χ4v) is 2.91. The number of benzene rings is 1. The van der Waals surface area contributed by atoms with Crippen molar-refractivity contribution in [2.24, 2.45) is 5.92 Å². The van der Waals surface area contributed by atoms with E-state index in [4.69, 9.17) is 0 Å². The number of hydrogen-bond acceptors (Lipinski definition) is 1. The molecule has 0 spiro atoms. The first-order valence-corrected chi connectivity index (χ1v) is 6.85. The highest BCUT2D eigenvalue weighted by molar-refractivity contribution is 9.10. The second kappa shape index (κ2) is 6.41. The Morgan fingerprint density at radius 3 is 2.31 bits per heavy atom. The van der Waals surface area contributed by atoms with Crippen LogP contribution in [0.5, 0.6) is 0 Å². The SMILES string of the molecule is CCNC(C(C)C)C(C)c1ccccc1Br. The van der Waals surface area contributed by atoms with E-state index in [-0.39, 0.29) is 0 Å². The van der Waals surface area contributed by atoms with Gasteiger partial charge in [0.05, 0.1) is 0 Å². The Hall–Kier alpha value is -0.340. The van der Waals surface area contributed by atoms with Gasteiger partial charge in [-0.25, -0.2) is 0 Å². The average molecular weight is 284 g/mol. The molecule has 0 aliphatic carbocycles. The first-order chi connectivity index (χ1) is 7.57. The highest BCUT2D eigenvalue weighted by Crippen LogP contribution is 2.29. The van der Waals surface area contributed by atoms with E-state index in [0.717, 1.165) is 6.54 Å². The molecule has 0 aliphatic rings. The van der Waals surface area contributed by atoms with Gasteiger partial charge in [-0.15, -0.1) is 0 Å². The van der Waals surface area contributed by atoms with Gasteiger partial charge in [0.25, 0.3) is 0 Å². The van der Waals surface area contributed by atoms with Crippen LogP contribution in [-0.2, 0) is 0 Å². The lowest BCUT2D eigenvalue weighted by Gasteiger charge is -2.29. The molecule has 1 aromatic rings. The summed E-state index contributed by atoms with van der Waals surface area (Å²) in [4.78, 5) is 0. The summed E-state index contributed by atoms with van der Waals surface area (Å²) in [6.45, 7) is 10.1.